The molecule has 3 rings (SSSR count). The molecule has 4 nitrogen and oxygen atoms in total. The summed E-state index contributed by atoms with van der Waals surface area (Å²) in [6.07, 6.45) is 0. The number of fused-ring (bicyclic) bond motifs is 1. The number of amides is 2. The molecule has 1 aliphatic heterocycles. The summed E-state index contributed by atoms with van der Waals surface area (Å²) in [6, 6.07) is 14.6. The lowest BCUT2D eigenvalue weighted by Crippen LogP contribution is -2.29. The van der Waals surface area contributed by atoms with Crippen LogP contribution in [-0.2, 0) is 17.9 Å². The minimum absolute atomic E-state index is 0.225. The Morgan fingerprint density at radius 3 is 1.90 bits per heavy atom. The van der Waals surface area contributed by atoms with Gasteiger partial charge >= 0.3 is 0 Å². The number of ether oxygens (including phenoxy) is 1. The summed E-state index contributed by atoms with van der Waals surface area (Å²) in [6.45, 7) is 0.840. The molecule has 2 aromatic rings. The summed E-state index contributed by atoms with van der Waals surface area (Å²) < 4.78 is 5.06. The van der Waals surface area contributed by atoms with Crippen molar-refractivity contribution < 1.29 is 14.3 Å². The van der Waals surface area contributed by atoms with Crippen molar-refractivity contribution in [1.29, 1.82) is 0 Å². The van der Waals surface area contributed by atoms with Crippen LogP contribution in [0, 0.1) is 0 Å². The van der Waals surface area contributed by atoms with Crippen molar-refractivity contribution in [3.8, 4) is 0 Å². The summed E-state index contributed by atoms with van der Waals surface area (Å²) in [4.78, 5) is 25.8. The summed E-state index contributed by atoms with van der Waals surface area (Å²) in [5, 5.41) is 0. The molecule has 0 spiro atoms. The van der Waals surface area contributed by atoms with Gasteiger partial charge in [-0.15, -0.1) is 0 Å². The SMILES string of the molecule is COCc1ccc(CN2C(=O)c3ccccc3C2=O)cc1. The lowest BCUT2D eigenvalue weighted by molar-refractivity contribution is 0.0642. The first-order valence-electron chi connectivity index (χ1n) is 6.72. The van der Waals surface area contributed by atoms with E-state index in [-0.39, 0.29) is 11.8 Å². The fourth-order valence-corrected chi connectivity index (χ4v) is 2.47. The number of hydrogen-bond donors (Lipinski definition) is 0. The maximum absolute atomic E-state index is 12.3. The third-order valence-corrected chi connectivity index (χ3v) is 3.55. The highest BCUT2D eigenvalue weighted by Crippen LogP contribution is 2.24. The molecule has 106 valence electrons. The van der Waals surface area contributed by atoms with Gasteiger partial charge in [0.25, 0.3) is 11.8 Å². The second-order valence-corrected chi connectivity index (χ2v) is 4.99. The van der Waals surface area contributed by atoms with Crippen molar-refractivity contribution in [2.75, 3.05) is 7.11 Å². The molecule has 2 aromatic carbocycles. The van der Waals surface area contributed by atoms with E-state index in [1.54, 1.807) is 31.4 Å². The quantitative estimate of drug-likeness (QED) is 0.809. The number of carbonyl (C=O) groups excluding carboxylic acids is 2. The van der Waals surface area contributed by atoms with Crippen molar-refractivity contribution in [3.05, 3.63) is 70.8 Å². The van der Waals surface area contributed by atoms with Crippen LogP contribution in [0.1, 0.15) is 31.8 Å². The zero-order valence-corrected chi connectivity index (χ0v) is 11.7. The largest absolute Gasteiger partial charge is 0.380 e. The van der Waals surface area contributed by atoms with Crippen LogP contribution in [0.3, 0.4) is 0 Å². The normalized spacial score (nSPS) is 13.7. The molecule has 0 bridgehead atoms. The molecule has 0 saturated heterocycles. The molecule has 0 aliphatic carbocycles. The van der Waals surface area contributed by atoms with Crippen LogP contribution >= 0.6 is 0 Å². The van der Waals surface area contributed by atoms with Crippen LogP contribution < -0.4 is 0 Å². The lowest BCUT2D eigenvalue weighted by Gasteiger charge is -2.14. The lowest BCUT2D eigenvalue weighted by atomic mass is 10.1. The Morgan fingerprint density at radius 2 is 1.38 bits per heavy atom. The van der Waals surface area contributed by atoms with Crippen LogP contribution in [0.25, 0.3) is 0 Å². The van der Waals surface area contributed by atoms with Crippen LogP contribution in [0.2, 0.25) is 0 Å². The molecule has 0 aromatic heterocycles. The van der Waals surface area contributed by atoms with Gasteiger partial charge in [0.05, 0.1) is 24.3 Å². The standard InChI is InChI=1S/C17H15NO3/c1-21-11-13-8-6-12(7-9-13)10-18-16(19)14-4-2-3-5-15(14)17(18)20/h2-9H,10-11H2,1H3. The second-order valence-electron chi connectivity index (χ2n) is 4.99. The van der Waals surface area contributed by atoms with Crippen molar-refractivity contribution in [1.82, 2.24) is 4.90 Å². The molecular weight excluding hydrogens is 266 g/mol. The van der Waals surface area contributed by atoms with Gasteiger partial charge in [-0.1, -0.05) is 36.4 Å². The highest BCUT2D eigenvalue weighted by atomic mass is 16.5. The molecule has 2 amide bonds. The Kier molecular flexibility index (Phi) is 3.54. The van der Waals surface area contributed by atoms with Crippen LogP contribution in [0.15, 0.2) is 48.5 Å². The Hall–Kier alpha value is -2.46. The average Bonchev–Trinajstić information content (AvgIpc) is 2.75. The predicted molar refractivity (Wildman–Crippen MR) is 77.8 cm³/mol. The van der Waals surface area contributed by atoms with Gasteiger partial charge in [-0.05, 0) is 23.3 Å². The second kappa shape index (κ2) is 5.50. The maximum Gasteiger partial charge on any atom is 0.261 e. The third kappa shape index (κ3) is 2.45. The van der Waals surface area contributed by atoms with Gasteiger partial charge < -0.3 is 4.74 Å². The van der Waals surface area contributed by atoms with E-state index in [2.05, 4.69) is 0 Å². The summed E-state index contributed by atoms with van der Waals surface area (Å²) in [5.74, 6) is -0.451. The van der Waals surface area contributed by atoms with Gasteiger partial charge in [-0.3, -0.25) is 14.5 Å². The van der Waals surface area contributed by atoms with E-state index in [1.807, 2.05) is 24.3 Å². The molecule has 0 saturated carbocycles. The van der Waals surface area contributed by atoms with Gasteiger partial charge in [-0.25, -0.2) is 0 Å². The number of rotatable bonds is 4. The van der Waals surface area contributed by atoms with E-state index >= 15 is 0 Å². The Morgan fingerprint density at radius 1 is 0.857 bits per heavy atom. The number of carbonyl (C=O) groups is 2. The van der Waals surface area contributed by atoms with Crippen molar-refractivity contribution in [2.45, 2.75) is 13.2 Å². The minimum Gasteiger partial charge on any atom is -0.380 e. The molecule has 0 fully saturated rings. The number of hydrogen-bond acceptors (Lipinski definition) is 3. The highest BCUT2D eigenvalue weighted by molar-refractivity contribution is 6.21. The Labute approximate surface area is 123 Å². The maximum atomic E-state index is 12.3. The number of methoxy groups -OCH3 is 1. The predicted octanol–water partition coefficient (Wildman–Crippen LogP) is 2.63. The van der Waals surface area contributed by atoms with Crippen LogP contribution in [0.4, 0.5) is 0 Å². The van der Waals surface area contributed by atoms with Crippen LogP contribution in [0.5, 0.6) is 0 Å². The van der Waals surface area contributed by atoms with Crippen molar-refractivity contribution in [3.63, 3.8) is 0 Å². The van der Waals surface area contributed by atoms with Gasteiger partial charge in [0.1, 0.15) is 0 Å². The van der Waals surface area contributed by atoms with E-state index in [9.17, 15) is 9.59 Å². The van der Waals surface area contributed by atoms with Crippen LogP contribution in [-0.4, -0.2) is 23.8 Å². The first kappa shape index (κ1) is 13.5. The number of nitrogens with zero attached hydrogens (tertiary/aromatic N) is 1. The monoisotopic (exact) mass is 281 g/mol. The fourth-order valence-electron chi connectivity index (χ4n) is 2.47. The topological polar surface area (TPSA) is 46.6 Å². The Bertz CT molecular complexity index is 656. The minimum atomic E-state index is -0.225. The van der Waals surface area contributed by atoms with Gasteiger partial charge in [-0.2, -0.15) is 0 Å². The van der Waals surface area contributed by atoms with E-state index in [0.717, 1.165) is 11.1 Å². The van der Waals surface area contributed by atoms with Gasteiger partial charge in [0, 0.05) is 7.11 Å². The smallest absolute Gasteiger partial charge is 0.261 e. The average molecular weight is 281 g/mol. The molecular formula is C17H15NO3. The molecule has 0 radical (unpaired) electrons. The summed E-state index contributed by atoms with van der Waals surface area (Å²) in [7, 11) is 1.65. The molecule has 1 heterocycles. The molecule has 0 atom stereocenters. The third-order valence-electron chi connectivity index (χ3n) is 3.55. The molecule has 0 N–H and O–H groups in total. The zero-order valence-electron chi connectivity index (χ0n) is 11.7. The molecule has 1 aliphatic rings. The first-order valence-corrected chi connectivity index (χ1v) is 6.72. The van der Waals surface area contributed by atoms with E-state index in [1.165, 1.54) is 4.90 Å². The van der Waals surface area contributed by atoms with Crippen molar-refractivity contribution in [2.24, 2.45) is 0 Å². The van der Waals surface area contributed by atoms with Gasteiger partial charge in [0.2, 0.25) is 0 Å². The zero-order chi connectivity index (χ0) is 14.8. The number of benzene rings is 2. The first-order chi connectivity index (χ1) is 10.2. The van der Waals surface area contributed by atoms with Crippen molar-refractivity contribution >= 4 is 11.8 Å². The highest BCUT2D eigenvalue weighted by Gasteiger charge is 2.34. The summed E-state index contributed by atoms with van der Waals surface area (Å²) in [5.41, 5.74) is 2.95. The van der Waals surface area contributed by atoms with E-state index < -0.39 is 0 Å². The number of imide groups is 1. The fraction of sp³-hybridized carbons (Fsp3) is 0.176. The summed E-state index contributed by atoms with van der Waals surface area (Å²) >= 11 is 0. The van der Waals surface area contributed by atoms with Gasteiger partial charge in [0.15, 0.2) is 0 Å². The molecule has 0 unspecified atom stereocenters. The van der Waals surface area contributed by atoms with E-state index in [0.29, 0.717) is 24.3 Å². The molecule has 21 heavy (non-hydrogen) atoms. The Balaban J connectivity index is 1.80. The molecule has 4 heteroatoms. The van der Waals surface area contributed by atoms with E-state index in [4.69, 9.17) is 4.74 Å².